The van der Waals surface area contributed by atoms with Crippen molar-refractivity contribution in [2.45, 2.75) is 0 Å². The molecule has 0 saturated carbocycles. The SMILES string of the molecule is O=C(O)c1n[nH]c(-c2ccc(Cl)c(Cl)c2)cc1=O. The van der Waals surface area contributed by atoms with Crippen LogP contribution in [0.4, 0.5) is 0 Å². The fraction of sp³-hybridized carbons (Fsp3) is 0. The van der Waals surface area contributed by atoms with Gasteiger partial charge in [0.05, 0.1) is 15.7 Å². The van der Waals surface area contributed by atoms with Crippen molar-refractivity contribution in [1.29, 1.82) is 0 Å². The first kappa shape index (κ1) is 12.6. The number of halogens is 2. The Labute approximate surface area is 111 Å². The van der Waals surface area contributed by atoms with Gasteiger partial charge in [0.2, 0.25) is 11.1 Å². The van der Waals surface area contributed by atoms with Crippen LogP contribution < -0.4 is 5.43 Å². The summed E-state index contributed by atoms with van der Waals surface area (Å²) in [6.45, 7) is 0. The molecule has 1 aromatic carbocycles. The van der Waals surface area contributed by atoms with E-state index in [1.54, 1.807) is 18.2 Å². The monoisotopic (exact) mass is 284 g/mol. The molecule has 0 aliphatic rings. The number of nitrogens with zero attached hydrogens (tertiary/aromatic N) is 1. The van der Waals surface area contributed by atoms with Gasteiger partial charge in [0.15, 0.2) is 0 Å². The first-order chi connectivity index (χ1) is 8.49. The summed E-state index contributed by atoms with van der Waals surface area (Å²) in [5.41, 5.74) is -0.282. The number of H-pyrrole nitrogens is 1. The topological polar surface area (TPSA) is 83.0 Å². The minimum absolute atomic E-state index is 0.331. The lowest BCUT2D eigenvalue weighted by Gasteiger charge is -2.03. The highest BCUT2D eigenvalue weighted by Gasteiger charge is 2.12. The van der Waals surface area contributed by atoms with Crippen molar-refractivity contribution in [3.63, 3.8) is 0 Å². The molecule has 0 radical (unpaired) electrons. The van der Waals surface area contributed by atoms with E-state index in [1.807, 2.05) is 0 Å². The van der Waals surface area contributed by atoms with Crippen LogP contribution in [0.25, 0.3) is 11.3 Å². The highest BCUT2D eigenvalue weighted by molar-refractivity contribution is 6.42. The lowest BCUT2D eigenvalue weighted by atomic mass is 10.1. The van der Waals surface area contributed by atoms with Gasteiger partial charge >= 0.3 is 5.97 Å². The summed E-state index contributed by atoms with van der Waals surface area (Å²) in [4.78, 5) is 22.1. The molecule has 1 aromatic heterocycles. The normalized spacial score (nSPS) is 10.3. The van der Waals surface area contributed by atoms with Crippen LogP contribution >= 0.6 is 23.2 Å². The van der Waals surface area contributed by atoms with Gasteiger partial charge in [-0.3, -0.25) is 9.89 Å². The van der Waals surface area contributed by atoms with E-state index in [0.29, 0.717) is 21.3 Å². The third-order valence-electron chi connectivity index (χ3n) is 2.23. The van der Waals surface area contributed by atoms with Crippen molar-refractivity contribution in [2.24, 2.45) is 0 Å². The molecule has 92 valence electrons. The predicted octanol–water partition coefficient (Wildman–Crippen LogP) is 2.44. The summed E-state index contributed by atoms with van der Waals surface area (Å²) in [7, 11) is 0. The average Bonchev–Trinajstić information content (AvgIpc) is 2.32. The Kier molecular flexibility index (Phi) is 3.36. The van der Waals surface area contributed by atoms with Crippen LogP contribution in [0.1, 0.15) is 10.5 Å². The van der Waals surface area contributed by atoms with Gasteiger partial charge in [-0.05, 0) is 12.1 Å². The molecule has 0 aliphatic heterocycles. The van der Waals surface area contributed by atoms with Gasteiger partial charge in [0, 0.05) is 11.6 Å². The fourth-order valence-corrected chi connectivity index (χ4v) is 1.67. The minimum Gasteiger partial charge on any atom is -0.476 e. The van der Waals surface area contributed by atoms with E-state index in [-0.39, 0.29) is 0 Å². The minimum atomic E-state index is -1.38. The molecule has 0 fully saturated rings. The van der Waals surface area contributed by atoms with Gasteiger partial charge in [-0.25, -0.2) is 4.79 Å². The Bertz CT molecular complexity index is 682. The van der Waals surface area contributed by atoms with Crippen molar-refractivity contribution in [1.82, 2.24) is 10.2 Å². The number of aromatic amines is 1. The maximum absolute atomic E-state index is 11.5. The van der Waals surface area contributed by atoms with Gasteiger partial charge in [-0.2, -0.15) is 5.10 Å². The van der Waals surface area contributed by atoms with E-state index in [2.05, 4.69) is 10.2 Å². The van der Waals surface area contributed by atoms with E-state index in [4.69, 9.17) is 28.3 Å². The van der Waals surface area contributed by atoms with E-state index in [9.17, 15) is 9.59 Å². The van der Waals surface area contributed by atoms with Crippen molar-refractivity contribution >= 4 is 29.2 Å². The van der Waals surface area contributed by atoms with Crippen LogP contribution in [0.2, 0.25) is 10.0 Å². The number of aromatic nitrogens is 2. The Morgan fingerprint density at radius 3 is 2.50 bits per heavy atom. The summed E-state index contributed by atoms with van der Waals surface area (Å²) >= 11 is 11.6. The molecule has 1 heterocycles. The van der Waals surface area contributed by atoms with Crippen molar-refractivity contribution < 1.29 is 9.90 Å². The van der Waals surface area contributed by atoms with Gasteiger partial charge in [0.1, 0.15) is 0 Å². The molecule has 18 heavy (non-hydrogen) atoms. The lowest BCUT2D eigenvalue weighted by Crippen LogP contribution is -2.17. The molecule has 0 amide bonds. The quantitative estimate of drug-likeness (QED) is 0.887. The van der Waals surface area contributed by atoms with Crippen LogP contribution in [-0.4, -0.2) is 21.3 Å². The largest absolute Gasteiger partial charge is 0.476 e. The summed E-state index contributed by atoms with van der Waals surface area (Å²) in [5, 5.41) is 15.4. The van der Waals surface area contributed by atoms with Crippen LogP contribution in [0, 0.1) is 0 Å². The molecular formula is C11H6Cl2N2O3. The predicted molar refractivity (Wildman–Crippen MR) is 67.3 cm³/mol. The number of carboxylic acids is 1. The van der Waals surface area contributed by atoms with E-state index < -0.39 is 17.1 Å². The van der Waals surface area contributed by atoms with Crippen molar-refractivity contribution in [3.05, 3.63) is 50.2 Å². The Balaban J connectivity index is 2.52. The van der Waals surface area contributed by atoms with Gasteiger partial charge in [0.25, 0.3) is 0 Å². The zero-order valence-electron chi connectivity index (χ0n) is 8.78. The molecule has 2 aromatic rings. The van der Waals surface area contributed by atoms with Gasteiger partial charge in [-0.1, -0.05) is 29.3 Å². The molecule has 0 atom stereocenters. The molecule has 2 N–H and O–H groups in total. The Morgan fingerprint density at radius 2 is 1.94 bits per heavy atom. The van der Waals surface area contributed by atoms with Gasteiger partial charge < -0.3 is 5.11 Å². The van der Waals surface area contributed by atoms with Gasteiger partial charge in [-0.15, -0.1) is 0 Å². The fourth-order valence-electron chi connectivity index (χ4n) is 1.37. The molecular weight excluding hydrogens is 279 g/mol. The number of rotatable bonds is 2. The molecule has 0 spiro atoms. The maximum atomic E-state index is 11.5. The highest BCUT2D eigenvalue weighted by atomic mass is 35.5. The van der Waals surface area contributed by atoms with Crippen LogP contribution in [0.5, 0.6) is 0 Å². The summed E-state index contributed by atoms with van der Waals surface area (Å²) in [5.74, 6) is -1.38. The molecule has 7 heteroatoms. The number of aromatic carboxylic acids is 1. The zero-order chi connectivity index (χ0) is 13.3. The maximum Gasteiger partial charge on any atom is 0.360 e. The second-order valence-electron chi connectivity index (χ2n) is 3.43. The first-order valence-corrected chi connectivity index (χ1v) is 5.53. The molecule has 2 rings (SSSR count). The van der Waals surface area contributed by atoms with Crippen molar-refractivity contribution in [3.8, 4) is 11.3 Å². The van der Waals surface area contributed by atoms with Crippen LogP contribution in [-0.2, 0) is 0 Å². The van der Waals surface area contributed by atoms with Crippen LogP contribution in [0.3, 0.4) is 0 Å². The highest BCUT2D eigenvalue weighted by Crippen LogP contribution is 2.26. The second-order valence-corrected chi connectivity index (χ2v) is 4.24. The number of hydrogen-bond donors (Lipinski definition) is 2. The van der Waals surface area contributed by atoms with Crippen LogP contribution in [0.15, 0.2) is 29.1 Å². The molecule has 0 saturated heterocycles. The molecule has 0 aliphatic carbocycles. The number of carboxylic acid groups (broad SMARTS) is 1. The average molecular weight is 285 g/mol. The molecule has 0 bridgehead atoms. The third-order valence-corrected chi connectivity index (χ3v) is 2.97. The first-order valence-electron chi connectivity index (χ1n) is 4.77. The summed E-state index contributed by atoms with van der Waals surface area (Å²) in [6.07, 6.45) is 0. The Morgan fingerprint density at radius 1 is 1.22 bits per heavy atom. The number of benzene rings is 1. The van der Waals surface area contributed by atoms with Crippen molar-refractivity contribution in [2.75, 3.05) is 0 Å². The third kappa shape index (κ3) is 2.37. The lowest BCUT2D eigenvalue weighted by molar-refractivity contribution is 0.0687. The smallest absolute Gasteiger partial charge is 0.360 e. The standard InChI is InChI=1S/C11H6Cl2N2O3/c12-6-2-1-5(3-7(6)13)8-4-9(16)10(11(17)18)15-14-8/h1-4H,(H,14,16)(H,17,18). The van der Waals surface area contributed by atoms with E-state index in [1.165, 1.54) is 0 Å². The number of hydrogen-bond acceptors (Lipinski definition) is 3. The summed E-state index contributed by atoms with van der Waals surface area (Å²) in [6, 6.07) is 5.91. The Hall–Kier alpha value is -1.85. The van der Waals surface area contributed by atoms with E-state index in [0.717, 1.165) is 6.07 Å². The zero-order valence-corrected chi connectivity index (χ0v) is 10.3. The number of carbonyl (C=O) groups is 1. The molecule has 0 unspecified atom stereocenters. The number of nitrogens with one attached hydrogen (secondary N) is 1. The molecule has 5 nitrogen and oxygen atoms in total. The summed E-state index contributed by atoms with van der Waals surface area (Å²) < 4.78 is 0. The van der Waals surface area contributed by atoms with E-state index >= 15 is 0 Å². The second kappa shape index (κ2) is 4.80.